The van der Waals surface area contributed by atoms with E-state index in [1.807, 2.05) is 54.6 Å². The maximum absolute atomic E-state index is 9.29. The van der Waals surface area contributed by atoms with E-state index in [2.05, 4.69) is 6.92 Å². The molecule has 0 atom stereocenters. The third kappa shape index (κ3) is 5.66. The van der Waals surface area contributed by atoms with E-state index in [4.69, 9.17) is 5.73 Å². The molecule has 4 N–H and O–H groups in total. The van der Waals surface area contributed by atoms with Crippen LogP contribution in [0.1, 0.15) is 36.0 Å². The van der Waals surface area contributed by atoms with Gasteiger partial charge >= 0.3 is 0 Å². The lowest BCUT2D eigenvalue weighted by Gasteiger charge is -2.16. The summed E-state index contributed by atoms with van der Waals surface area (Å²) in [5.41, 5.74) is 8.89. The highest BCUT2D eigenvalue weighted by Crippen LogP contribution is 2.29. The van der Waals surface area contributed by atoms with Gasteiger partial charge in [-0.15, -0.1) is 0 Å². The van der Waals surface area contributed by atoms with Crippen molar-refractivity contribution in [2.45, 2.75) is 25.8 Å². The third-order valence-corrected chi connectivity index (χ3v) is 4.08. The smallest absolute Gasteiger partial charge is 0.115 e. The molecule has 0 saturated heterocycles. The third-order valence-electron chi connectivity index (χ3n) is 4.08. The van der Waals surface area contributed by atoms with E-state index in [0.29, 0.717) is 12.5 Å². The molecule has 3 aromatic carbocycles. The zero-order valence-electron chi connectivity index (χ0n) is 14.5. The van der Waals surface area contributed by atoms with Crippen LogP contribution in [0.2, 0.25) is 0 Å². The predicted octanol–water partition coefficient (Wildman–Crippen LogP) is 4.79. The molecule has 0 fully saturated rings. The Kier molecular flexibility index (Phi) is 7.05. The van der Waals surface area contributed by atoms with Crippen molar-refractivity contribution in [1.29, 1.82) is 0 Å². The Morgan fingerprint density at radius 2 is 1.16 bits per heavy atom. The van der Waals surface area contributed by atoms with Crippen molar-refractivity contribution in [3.8, 4) is 11.5 Å². The number of phenolic OH excluding ortho intramolecular Hbond substituents is 2. The Labute approximate surface area is 149 Å². The van der Waals surface area contributed by atoms with E-state index in [9.17, 15) is 10.2 Å². The van der Waals surface area contributed by atoms with E-state index >= 15 is 0 Å². The molecule has 0 aromatic heterocycles. The number of hydrogen-bond acceptors (Lipinski definition) is 3. The molecule has 0 spiro atoms. The summed E-state index contributed by atoms with van der Waals surface area (Å²) >= 11 is 0. The minimum absolute atomic E-state index is 0.286. The summed E-state index contributed by atoms with van der Waals surface area (Å²) in [6, 6.07) is 24.6. The lowest BCUT2D eigenvalue weighted by atomic mass is 9.89. The molecule has 25 heavy (non-hydrogen) atoms. The van der Waals surface area contributed by atoms with Gasteiger partial charge in [0, 0.05) is 12.5 Å². The van der Waals surface area contributed by atoms with E-state index < -0.39 is 0 Å². The molecule has 0 heterocycles. The van der Waals surface area contributed by atoms with Gasteiger partial charge in [-0.25, -0.2) is 0 Å². The molecular formula is C22H25NO2. The molecule has 3 heteroatoms. The highest BCUT2D eigenvalue weighted by molar-refractivity contribution is 5.37. The second-order valence-electron chi connectivity index (χ2n) is 5.83. The van der Waals surface area contributed by atoms with Crippen LogP contribution in [-0.2, 0) is 6.54 Å². The van der Waals surface area contributed by atoms with Gasteiger partial charge < -0.3 is 15.9 Å². The summed E-state index contributed by atoms with van der Waals surface area (Å²) in [6.07, 6.45) is 0.982. The van der Waals surface area contributed by atoms with Crippen LogP contribution in [0.3, 0.4) is 0 Å². The van der Waals surface area contributed by atoms with Crippen LogP contribution >= 0.6 is 0 Å². The summed E-state index contributed by atoms with van der Waals surface area (Å²) in [7, 11) is 0. The zero-order valence-corrected chi connectivity index (χ0v) is 14.5. The molecule has 0 unspecified atom stereocenters. The Morgan fingerprint density at radius 1 is 0.720 bits per heavy atom. The van der Waals surface area contributed by atoms with Crippen molar-refractivity contribution in [3.63, 3.8) is 0 Å². The van der Waals surface area contributed by atoms with E-state index in [-0.39, 0.29) is 11.5 Å². The van der Waals surface area contributed by atoms with Crippen LogP contribution in [0.25, 0.3) is 0 Å². The average molecular weight is 335 g/mol. The minimum Gasteiger partial charge on any atom is -0.508 e. The summed E-state index contributed by atoms with van der Waals surface area (Å²) in [5.74, 6) is 0.875. The van der Waals surface area contributed by atoms with Crippen molar-refractivity contribution in [2.75, 3.05) is 0 Å². The van der Waals surface area contributed by atoms with Gasteiger partial charge in [0.05, 0.1) is 0 Å². The number of hydrogen-bond donors (Lipinski definition) is 3. The Balaban J connectivity index is 0.000000236. The molecule has 0 amide bonds. The number of aromatic hydroxyl groups is 2. The Hall–Kier alpha value is -2.78. The van der Waals surface area contributed by atoms with Crippen LogP contribution < -0.4 is 5.73 Å². The molecule has 0 saturated carbocycles. The van der Waals surface area contributed by atoms with Crippen molar-refractivity contribution in [2.24, 2.45) is 5.73 Å². The largest absolute Gasteiger partial charge is 0.508 e. The summed E-state index contributed by atoms with van der Waals surface area (Å²) in [6.45, 7) is 2.77. The fourth-order valence-corrected chi connectivity index (χ4v) is 2.69. The molecule has 3 nitrogen and oxygen atoms in total. The first-order chi connectivity index (χ1) is 12.1. The molecule has 130 valence electrons. The Morgan fingerprint density at radius 3 is 1.48 bits per heavy atom. The van der Waals surface area contributed by atoms with Crippen LogP contribution in [0, 0.1) is 0 Å². The number of phenols is 2. The van der Waals surface area contributed by atoms with E-state index in [1.54, 1.807) is 24.3 Å². The van der Waals surface area contributed by atoms with Crippen LogP contribution in [-0.4, -0.2) is 10.2 Å². The molecular weight excluding hydrogens is 310 g/mol. The lowest BCUT2D eigenvalue weighted by molar-refractivity contribution is 0.475. The maximum Gasteiger partial charge on any atom is 0.115 e. The van der Waals surface area contributed by atoms with Crippen LogP contribution in [0.4, 0.5) is 0 Å². The molecule has 0 radical (unpaired) electrons. The van der Waals surface area contributed by atoms with E-state index in [1.165, 1.54) is 16.7 Å². The number of rotatable bonds is 4. The molecule has 0 aliphatic heterocycles. The minimum atomic E-state index is 0.286. The van der Waals surface area contributed by atoms with Crippen LogP contribution in [0.5, 0.6) is 11.5 Å². The number of benzene rings is 3. The monoisotopic (exact) mass is 335 g/mol. The van der Waals surface area contributed by atoms with Crippen molar-refractivity contribution in [1.82, 2.24) is 0 Å². The summed E-state index contributed by atoms with van der Waals surface area (Å²) < 4.78 is 0. The Bertz CT molecular complexity index is 692. The SMILES string of the molecule is CCC(c1ccc(O)cc1)c1ccc(O)cc1.NCc1ccccc1. The van der Waals surface area contributed by atoms with Gasteiger partial charge in [-0.1, -0.05) is 61.5 Å². The fourth-order valence-electron chi connectivity index (χ4n) is 2.69. The first kappa shape index (κ1) is 18.6. The first-order valence-electron chi connectivity index (χ1n) is 8.46. The topological polar surface area (TPSA) is 66.5 Å². The fraction of sp³-hybridized carbons (Fsp3) is 0.182. The normalized spacial score (nSPS) is 10.2. The lowest BCUT2D eigenvalue weighted by Crippen LogP contribution is -1.98. The van der Waals surface area contributed by atoms with Gasteiger partial charge in [-0.2, -0.15) is 0 Å². The second kappa shape index (κ2) is 9.50. The van der Waals surface area contributed by atoms with Crippen molar-refractivity contribution in [3.05, 3.63) is 95.6 Å². The van der Waals surface area contributed by atoms with Gasteiger partial charge in [-0.3, -0.25) is 0 Å². The second-order valence-corrected chi connectivity index (χ2v) is 5.83. The maximum atomic E-state index is 9.29. The molecule has 3 aromatic rings. The highest BCUT2D eigenvalue weighted by atomic mass is 16.3. The molecule has 0 aliphatic rings. The van der Waals surface area contributed by atoms with Gasteiger partial charge in [0.1, 0.15) is 11.5 Å². The van der Waals surface area contributed by atoms with Gasteiger partial charge in [0.25, 0.3) is 0 Å². The average Bonchev–Trinajstić information content (AvgIpc) is 2.66. The molecule has 0 bridgehead atoms. The summed E-state index contributed by atoms with van der Waals surface area (Å²) in [4.78, 5) is 0. The van der Waals surface area contributed by atoms with Gasteiger partial charge in [0.2, 0.25) is 0 Å². The number of nitrogens with two attached hydrogens (primary N) is 1. The standard InChI is InChI=1S/C15H16O2.C7H9N/c1-2-15(11-3-7-13(16)8-4-11)12-5-9-14(17)10-6-12;8-6-7-4-2-1-3-5-7/h3-10,15-17H,2H2,1H3;1-5H,6,8H2. The quantitative estimate of drug-likeness (QED) is 0.642. The van der Waals surface area contributed by atoms with Gasteiger partial charge in [0.15, 0.2) is 0 Å². The van der Waals surface area contributed by atoms with Crippen LogP contribution in [0.15, 0.2) is 78.9 Å². The van der Waals surface area contributed by atoms with Crippen molar-refractivity contribution < 1.29 is 10.2 Å². The molecule has 0 aliphatic carbocycles. The van der Waals surface area contributed by atoms with Gasteiger partial charge in [-0.05, 0) is 47.4 Å². The molecule has 3 rings (SSSR count). The summed E-state index contributed by atoms with van der Waals surface area (Å²) in [5, 5.41) is 18.6. The highest BCUT2D eigenvalue weighted by Gasteiger charge is 2.11. The predicted molar refractivity (Wildman–Crippen MR) is 103 cm³/mol. The zero-order chi connectivity index (χ0) is 18.1. The van der Waals surface area contributed by atoms with Crippen molar-refractivity contribution >= 4 is 0 Å². The first-order valence-corrected chi connectivity index (χ1v) is 8.46. The van der Waals surface area contributed by atoms with E-state index in [0.717, 1.165) is 6.42 Å².